The Kier molecular flexibility index (Phi) is 6.88. The van der Waals surface area contributed by atoms with Crippen LogP contribution in [0.15, 0.2) is 41.2 Å². The Labute approximate surface area is 200 Å². The minimum absolute atomic E-state index is 0.00619. The summed E-state index contributed by atoms with van der Waals surface area (Å²) >= 11 is 0. The second kappa shape index (κ2) is 9.85. The number of benzene rings is 1. The number of pyridine rings is 1. The molecule has 1 amide bonds. The standard InChI is InChI=1S/C26H33N5O3/c1-6-31-24(14-18(2)27-31)26(33)29-11-10-23-20(17-29)16-22(19-8-7-9-21(15-19)34-5)25(32)30(23)13-12-28(3)4/h7-9,14-16H,6,10-13,17H2,1-5H3. The van der Waals surface area contributed by atoms with E-state index in [1.54, 1.807) is 11.8 Å². The van der Waals surface area contributed by atoms with Gasteiger partial charge in [-0.05, 0) is 63.3 Å². The van der Waals surface area contributed by atoms with E-state index in [-0.39, 0.29) is 11.5 Å². The molecule has 8 heteroatoms. The van der Waals surface area contributed by atoms with Crippen LogP contribution in [0.3, 0.4) is 0 Å². The average molecular weight is 464 g/mol. The Morgan fingerprint density at radius 1 is 1.21 bits per heavy atom. The van der Waals surface area contributed by atoms with Gasteiger partial charge in [-0.3, -0.25) is 14.3 Å². The first kappa shape index (κ1) is 23.8. The van der Waals surface area contributed by atoms with Gasteiger partial charge in [0.25, 0.3) is 11.5 Å². The summed E-state index contributed by atoms with van der Waals surface area (Å²) in [5, 5.41) is 4.43. The summed E-state index contributed by atoms with van der Waals surface area (Å²) in [6.45, 7) is 6.91. The van der Waals surface area contributed by atoms with E-state index in [2.05, 4.69) is 10.00 Å². The van der Waals surface area contributed by atoms with E-state index in [1.807, 2.05) is 73.8 Å². The number of methoxy groups -OCH3 is 1. The van der Waals surface area contributed by atoms with Crippen LogP contribution in [-0.2, 0) is 26.1 Å². The fraction of sp³-hybridized carbons (Fsp3) is 0.423. The summed E-state index contributed by atoms with van der Waals surface area (Å²) in [7, 11) is 5.62. The minimum Gasteiger partial charge on any atom is -0.497 e. The first-order chi connectivity index (χ1) is 16.3. The normalized spacial score (nSPS) is 13.3. The number of hydrogen-bond donors (Lipinski definition) is 0. The molecular weight excluding hydrogens is 430 g/mol. The molecule has 3 heterocycles. The van der Waals surface area contributed by atoms with Crippen LogP contribution in [0.4, 0.5) is 0 Å². The van der Waals surface area contributed by atoms with Gasteiger partial charge < -0.3 is 19.1 Å². The Morgan fingerprint density at radius 2 is 2.00 bits per heavy atom. The summed E-state index contributed by atoms with van der Waals surface area (Å²) in [5.74, 6) is 0.677. The number of ether oxygens (including phenoxy) is 1. The lowest BCUT2D eigenvalue weighted by Gasteiger charge is -2.31. The van der Waals surface area contributed by atoms with Gasteiger partial charge in [-0.2, -0.15) is 5.10 Å². The number of rotatable bonds is 7. The van der Waals surface area contributed by atoms with E-state index < -0.39 is 0 Å². The van der Waals surface area contributed by atoms with Crippen LogP contribution in [-0.4, -0.2) is 64.3 Å². The highest BCUT2D eigenvalue weighted by molar-refractivity contribution is 5.93. The van der Waals surface area contributed by atoms with Crippen LogP contribution in [0, 0.1) is 6.92 Å². The first-order valence-corrected chi connectivity index (χ1v) is 11.7. The third-order valence-corrected chi connectivity index (χ3v) is 6.33. The molecule has 2 aromatic heterocycles. The van der Waals surface area contributed by atoms with Crippen molar-refractivity contribution in [3.8, 4) is 16.9 Å². The molecule has 4 rings (SSSR count). The van der Waals surface area contributed by atoms with Crippen molar-refractivity contribution >= 4 is 5.91 Å². The topological polar surface area (TPSA) is 72.6 Å². The number of nitrogens with zero attached hydrogens (tertiary/aromatic N) is 5. The van der Waals surface area contributed by atoms with Crippen LogP contribution < -0.4 is 10.3 Å². The number of carbonyl (C=O) groups excluding carboxylic acids is 1. The molecule has 0 saturated carbocycles. The van der Waals surface area contributed by atoms with Gasteiger partial charge in [0.05, 0.1) is 12.8 Å². The van der Waals surface area contributed by atoms with Crippen molar-refractivity contribution in [3.05, 3.63) is 69.4 Å². The molecular formula is C26H33N5O3. The van der Waals surface area contributed by atoms with Crippen molar-refractivity contribution in [2.45, 2.75) is 39.9 Å². The molecule has 0 unspecified atom stereocenters. The molecule has 3 aromatic rings. The number of hydrogen-bond acceptors (Lipinski definition) is 5. The molecule has 0 aliphatic carbocycles. The number of likely N-dealkylation sites (N-methyl/N-ethyl adjacent to an activating group) is 1. The SMILES string of the molecule is CCn1nc(C)cc1C(=O)N1CCc2c(cc(-c3cccc(OC)c3)c(=O)n2CCN(C)C)C1. The number of amides is 1. The molecule has 1 aliphatic heterocycles. The average Bonchev–Trinajstić information content (AvgIpc) is 3.22. The Hall–Kier alpha value is -3.39. The zero-order chi connectivity index (χ0) is 24.4. The summed E-state index contributed by atoms with van der Waals surface area (Å²) in [6, 6.07) is 11.4. The molecule has 34 heavy (non-hydrogen) atoms. The third kappa shape index (κ3) is 4.63. The van der Waals surface area contributed by atoms with Crippen molar-refractivity contribution in [2.24, 2.45) is 0 Å². The van der Waals surface area contributed by atoms with Crippen molar-refractivity contribution in [3.63, 3.8) is 0 Å². The monoisotopic (exact) mass is 463 g/mol. The predicted octanol–water partition coefficient (Wildman–Crippen LogP) is 2.81. The molecule has 1 aliphatic rings. The molecule has 8 nitrogen and oxygen atoms in total. The smallest absolute Gasteiger partial charge is 0.272 e. The second-order valence-corrected chi connectivity index (χ2v) is 8.99. The lowest BCUT2D eigenvalue weighted by atomic mass is 9.98. The molecule has 0 N–H and O–H groups in total. The van der Waals surface area contributed by atoms with Gasteiger partial charge in [-0.15, -0.1) is 0 Å². The fourth-order valence-electron chi connectivity index (χ4n) is 4.55. The Morgan fingerprint density at radius 3 is 2.71 bits per heavy atom. The zero-order valence-electron chi connectivity index (χ0n) is 20.7. The molecule has 0 bridgehead atoms. The number of aryl methyl sites for hydroxylation is 2. The molecule has 180 valence electrons. The number of aromatic nitrogens is 3. The van der Waals surface area contributed by atoms with Gasteiger partial charge in [-0.25, -0.2) is 0 Å². The molecule has 0 radical (unpaired) electrons. The summed E-state index contributed by atoms with van der Waals surface area (Å²) < 4.78 is 9.03. The van der Waals surface area contributed by atoms with E-state index in [0.29, 0.717) is 49.6 Å². The van der Waals surface area contributed by atoms with Crippen LogP contribution in [0.2, 0.25) is 0 Å². The highest BCUT2D eigenvalue weighted by Crippen LogP contribution is 2.27. The molecule has 0 saturated heterocycles. The van der Waals surface area contributed by atoms with Crippen LogP contribution in [0.1, 0.15) is 34.4 Å². The Bertz CT molecular complexity index is 1260. The fourth-order valence-corrected chi connectivity index (χ4v) is 4.55. The van der Waals surface area contributed by atoms with Gasteiger partial charge in [0.15, 0.2) is 0 Å². The molecule has 0 fully saturated rings. The first-order valence-electron chi connectivity index (χ1n) is 11.7. The van der Waals surface area contributed by atoms with E-state index >= 15 is 0 Å². The highest BCUT2D eigenvalue weighted by Gasteiger charge is 2.27. The van der Waals surface area contributed by atoms with Gasteiger partial charge in [0.1, 0.15) is 11.4 Å². The van der Waals surface area contributed by atoms with Gasteiger partial charge in [-0.1, -0.05) is 12.1 Å². The summed E-state index contributed by atoms with van der Waals surface area (Å²) in [4.78, 5) is 30.9. The van der Waals surface area contributed by atoms with E-state index in [4.69, 9.17) is 4.74 Å². The quantitative estimate of drug-likeness (QED) is 0.539. The van der Waals surface area contributed by atoms with Crippen molar-refractivity contribution in [2.75, 3.05) is 34.3 Å². The summed E-state index contributed by atoms with van der Waals surface area (Å²) in [5.41, 5.74) is 4.90. The molecule has 0 spiro atoms. The maximum Gasteiger partial charge on any atom is 0.272 e. The third-order valence-electron chi connectivity index (χ3n) is 6.33. The van der Waals surface area contributed by atoms with E-state index in [0.717, 1.165) is 29.1 Å². The van der Waals surface area contributed by atoms with Gasteiger partial charge in [0, 0.05) is 50.4 Å². The number of carbonyl (C=O) groups is 1. The number of fused-ring (bicyclic) bond motifs is 1. The van der Waals surface area contributed by atoms with Crippen LogP contribution >= 0.6 is 0 Å². The maximum absolute atomic E-state index is 13.6. The predicted molar refractivity (Wildman–Crippen MR) is 132 cm³/mol. The maximum atomic E-state index is 13.6. The van der Waals surface area contributed by atoms with Crippen LogP contribution in [0.5, 0.6) is 5.75 Å². The van der Waals surface area contributed by atoms with Crippen molar-refractivity contribution in [1.29, 1.82) is 0 Å². The Balaban J connectivity index is 1.76. The molecule has 1 aromatic carbocycles. The van der Waals surface area contributed by atoms with E-state index in [1.165, 1.54) is 0 Å². The van der Waals surface area contributed by atoms with Gasteiger partial charge >= 0.3 is 0 Å². The lowest BCUT2D eigenvalue weighted by Crippen LogP contribution is -2.41. The molecule has 0 atom stereocenters. The van der Waals surface area contributed by atoms with Crippen LogP contribution in [0.25, 0.3) is 11.1 Å². The zero-order valence-corrected chi connectivity index (χ0v) is 20.7. The summed E-state index contributed by atoms with van der Waals surface area (Å²) in [6.07, 6.45) is 0.640. The van der Waals surface area contributed by atoms with Gasteiger partial charge in [0.2, 0.25) is 0 Å². The minimum atomic E-state index is -0.0259. The van der Waals surface area contributed by atoms with Crippen molar-refractivity contribution in [1.82, 2.24) is 24.1 Å². The van der Waals surface area contributed by atoms with Crippen molar-refractivity contribution < 1.29 is 9.53 Å². The largest absolute Gasteiger partial charge is 0.497 e. The lowest BCUT2D eigenvalue weighted by molar-refractivity contribution is 0.0719. The van der Waals surface area contributed by atoms with E-state index in [9.17, 15) is 9.59 Å². The second-order valence-electron chi connectivity index (χ2n) is 8.99. The highest BCUT2D eigenvalue weighted by atomic mass is 16.5.